The number of carboxylic acid groups (broad SMARTS) is 1. The molecule has 0 saturated carbocycles. The second-order valence-corrected chi connectivity index (χ2v) is 8.29. The summed E-state index contributed by atoms with van der Waals surface area (Å²) >= 11 is 6.11. The largest absolute Gasteiger partial charge is 0.496 e. The van der Waals surface area contributed by atoms with E-state index in [-0.39, 0.29) is 24.3 Å². The van der Waals surface area contributed by atoms with Crippen molar-refractivity contribution in [3.8, 4) is 11.5 Å². The summed E-state index contributed by atoms with van der Waals surface area (Å²) in [5.74, 6) is -2.78. The van der Waals surface area contributed by atoms with E-state index < -0.39 is 28.9 Å². The van der Waals surface area contributed by atoms with Gasteiger partial charge in [0.1, 0.15) is 17.9 Å². The van der Waals surface area contributed by atoms with Gasteiger partial charge in [0.15, 0.2) is 5.75 Å². The second kappa shape index (κ2) is 10.3. The maximum atomic E-state index is 12.9. The Labute approximate surface area is 202 Å². The summed E-state index contributed by atoms with van der Waals surface area (Å²) in [6.07, 6.45) is 3.39. The van der Waals surface area contributed by atoms with Crippen molar-refractivity contribution in [2.75, 3.05) is 14.2 Å². The predicted octanol–water partition coefficient (Wildman–Crippen LogP) is 4.29. The van der Waals surface area contributed by atoms with Crippen LogP contribution in [0.15, 0.2) is 42.5 Å². The molecule has 0 aliphatic carbocycles. The fourth-order valence-electron chi connectivity index (χ4n) is 3.83. The molecule has 1 heterocycles. The quantitative estimate of drug-likeness (QED) is 0.241. The molecule has 8 nitrogen and oxygen atoms in total. The predicted molar refractivity (Wildman–Crippen MR) is 123 cm³/mol. The number of carbonyl (C=O) groups excluding carboxylic acids is 2. The molecule has 0 spiro atoms. The van der Waals surface area contributed by atoms with Gasteiger partial charge in [0.05, 0.1) is 12.7 Å². The average molecular weight is 489 g/mol. The second-order valence-electron chi connectivity index (χ2n) is 7.73. The maximum Gasteiger partial charge on any atom is 0.352 e. The zero-order valence-corrected chi connectivity index (χ0v) is 20.0. The van der Waals surface area contributed by atoms with Gasteiger partial charge in [-0.2, -0.15) is 0 Å². The minimum absolute atomic E-state index is 0.0423. The van der Waals surface area contributed by atoms with Gasteiger partial charge >= 0.3 is 17.9 Å². The molecule has 0 amide bonds. The molecule has 34 heavy (non-hydrogen) atoms. The molecule has 0 saturated heterocycles. The molecule has 1 aliphatic rings. The van der Waals surface area contributed by atoms with Crippen LogP contribution in [0.2, 0.25) is 0 Å². The highest BCUT2D eigenvalue weighted by Gasteiger charge is 2.41. The third-order valence-electron chi connectivity index (χ3n) is 5.75. The van der Waals surface area contributed by atoms with Crippen LogP contribution in [0.25, 0.3) is 0 Å². The summed E-state index contributed by atoms with van der Waals surface area (Å²) < 4.78 is 21.5. The fourth-order valence-corrected chi connectivity index (χ4v) is 3.90. The van der Waals surface area contributed by atoms with Crippen molar-refractivity contribution < 1.29 is 38.4 Å². The SMILES string of the molecule is COc1c(C)c2c(c(OC(=O)c3ccccc3)c1C/C=C/C(C)C(Cl)(OC)C(=O)O)C(=O)OC2. The molecule has 2 atom stereocenters. The summed E-state index contributed by atoms with van der Waals surface area (Å²) in [6.45, 7) is 3.43. The molecule has 2 aromatic carbocycles. The van der Waals surface area contributed by atoms with E-state index in [1.165, 1.54) is 14.2 Å². The summed E-state index contributed by atoms with van der Waals surface area (Å²) in [5, 5.41) is 7.46. The van der Waals surface area contributed by atoms with Crippen LogP contribution < -0.4 is 9.47 Å². The molecule has 1 aliphatic heterocycles. The van der Waals surface area contributed by atoms with Crippen LogP contribution in [0.1, 0.15) is 44.3 Å². The van der Waals surface area contributed by atoms with Crippen LogP contribution in [0.5, 0.6) is 11.5 Å². The first-order valence-corrected chi connectivity index (χ1v) is 10.8. The van der Waals surface area contributed by atoms with Crippen molar-refractivity contribution in [2.24, 2.45) is 5.92 Å². The maximum absolute atomic E-state index is 12.9. The number of carboxylic acids is 1. The van der Waals surface area contributed by atoms with Crippen LogP contribution in [-0.2, 0) is 27.3 Å². The summed E-state index contributed by atoms with van der Waals surface area (Å²) in [6, 6.07) is 8.38. The number of aliphatic carboxylic acids is 1. The lowest BCUT2D eigenvalue weighted by Gasteiger charge is -2.25. The normalized spacial score (nSPS) is 15.4. The Balaban J connectivity index is 2.06. The van der Waals surface area contributed by atoms with Gasteiger partial charge in [-0.3, -0.25) is 0 Å². The number of methoxy groups -OCH3 is 2. The van der Waals surface area contributed by atoms with Crippen molar-refractivity contribution in [1.82, 2.24) is 0 Å². The smallest absolute Gasteiger partial charge is 0.352 e. The first-order chi connectivity index (χ1) is 16.2. The monoisotopic (exact) mass is 488 g/mol. The lowest BCUT2D eigenvalue weighted by Crippen LogP contribution is -2.40. The van der Waals surface area contributed by atoms with Crippen molar-refractivity contribution in [1.29, 1.82) is 0 Å². The van der Waals surface area contributed by atoms with Gasteiger partial charge in [0.2, 0.25) is 5.06 Å². The number of alkyl halides is 1. The number of rotatable bonds is 9. The number of hydrogen-bond donors (Lipinski definition) is 1. The number of ether oxygens (including phenoxy) is 4. The number of allylic oxidation sites excluding steroid dienone is 1. The molecule has 1 N–H and O–H groups in total. The van der Waals surface area contributed by atoms with E-state index in [0.29, 0.717) is 28.0 Å². The highest BCUT2D eigenvalue weighted by Crippen LogP contribution is 2.43. The van der Waals surface area contributed by atoms with Crippen LogP contribution in [0, 0.1) is 12.8 Å². The Bertz CT molecular complexity index is 1140. The van der Waals surface area contributed by atoms with Gasteiger partial charge in [0, 0.05) is 24.2 Å². The van der Waals surface area contributed by atoms with E-state index in [2.05, 4.69) is 0 Å². The van der Waals surface area contributed by atoms with Crippen LogP contribution >= 0.6 is 11.6 Å². The molecule has 0 aromatic heterocycles. The Morgan fingerprint density at radius 3 is 2.50 bits per heavy atom. The number of benzene rings is 2. The van der Waals surface area contributed by atoms with E-state index in [4.69, 9.17) is 30.5 Å². The van der Waals surface area contributed by atoms with E-state index in [0.717, 1.165) is 0 Å². The topological polar surface area (TPSA) is 108 Å². The molecular weight excluding hydrogens is 464 g/mol. The highest BCUT2D eigenvalue weighted by molar-refractivity contribution is 6.32. The third kappa shape index (κ3) is 4.64. The zero-order chi connectivity index (χ0) is 25.0. The van der Waals surface area contributed by atoms with Crippen molar-refractivity contribution in [2.45, 2.75) is 31.9 Å². The molecule has 2 unspecified atom stereocenters. The molecule has 9 heteroatoms. The van der Waals surface area contributed by atoms with Gasteiger partial charge in [0.25, 0.3) is 0 Å². The zero-order valence-electron chi connectivity index (χ0n) is 19.2. The van der Waals surface area contributed by atoms with Crippen molar-refractivity contribution in [3.63, 3.8) is 0 Å². The van der Waals surface area contributed by atoms with Crippen LogP contribution in [-0.4, -0.2) is 42.3 Å². The molecule has 2 aromatic rings. The molecule has 0 bridgehead atoms. The van der Waals surface area contributed by atoms with E-state index >= 15 is 0 Å². The number of cyclic esters (lactones) is 1. The summed E-state index contributed by atoms with van der Waals surface area (Å²) in [4.78, 5) is 36.9. The first kappa shape index (κ1) is 25.3. The molecule has 0 fully saturated rings. The molecule has 180 valence electrons. The average Bonchev–Trinajstić information content (AvgIpc) is 3.22. The van der Waals surface area contributed by atoms with Gasteiger partial charge < -0.3 is 24.1 Å². The van der Waals surface area contributed by atoms with E-state index in [1.807, 2.05) is 0 Å². The summed E-state index contributed by atoms with van der Waals surface area (Å²) in [5.41, 5.74) is 2.20. The lowest BCUT2D eigenvalue weighted by atomic mass is 9.94. The van der Waals surface area contributed by atoms with E-state index in [1.54, 1.807) is 56.3 Å². The van der Waals surface area contributed by atoms with Crippen LogP contribution in [0.3, 0.4) is 0 Å². The number of fused-ring (bicyclic) bond motifs is 1. The number of hydrogen-bond acceptors (Lipinski definition) is 7. The molecular formula is C25H25ClO8. The number of halogens is 1. The van der Waals surface area contributed by atoms with Gasteiger partial charge in [-0.1, -0.05) is 48.9 Å². The Kier molecular flexibility index (Phi) is 7.64. The molecule has 3 rings (SSSR count). The standard InChI is InChI=1S/C25H25ClO8/c1-14(25(26,32-4)24(29)30)9-8-12-17-20(31-3)15(2)18-13-33-23(28)19(18)21(17)34-22(27)16-10-6-5-7-11-16/h5-11,14H,12-13H2,1-4H3,(H,29,30)/b9-8+. The first-order valence-electron chi connectivity index (χ1n) is 10.5. The minimum atomic E-state index is -1.94. The Hall–Kier alpha value is -3.36. The van der Waals surface area contributed by atoms with Crippen molar-refractivity contribution >= 4 is 29.5 Å². The van der Waals surface area contributed by atoms with Gasteiger partial charge in [-0.05, 0) is 31.0 Å². The van der Waals surface area contributed by atoms with Gasteiger partial charge in [-0.25, -0.2) is 14.4 Å². The Morgan fingerprint density at radius 1 is 1.24 bits per heavy atom. The summed E-state index contributed by atoms with van der Waals surface area (Å²) in [7, 11) is 2.69. The van der Waals surface area contributed by atoms with Crippen LogP contribution in [0.4, 0.5) is 0 Å². The van der Waals surface area contributed by atoms with Gasteiger partial charge in [-0.15, -0.1) is 0 Å². The third-order valence-corrected chi connectivity index (χ3v) is 6.41. The lowest BCUT2D eigenvalue weighted by molar-refractivity contribution is -0.155. The van der Waals surface area contributed by atoms with E-state index in [9.17, 15) is 19.5 Å². The number of carbonyl (C=O) groups is 3. The number of esters is 2. The molecule has 0 radical (unpaired) electrons. The highest BCUT2D eigenvalue weighted by atomic mass is 35.5. The van der Waals surface area contributed by atoms with Crippen molar-refractivity contribution in [3.05, 3.63) is 70.3 Å². The Morgan fingerprint density at radius 2 is 1.91 bits per heavy atom. The minimum Gasteiger partial charge on any atom is -0.496 e. The fraction of sp³-hybridized carbons (Fsp3) is 0.320.